The van der Waals surface area contributed by atoms with Crippen LogP contribution in [0.2, 0.25) is 0 Å². The second-order valence-corrected chi connectivity index (χ2v) is 8.93. The fraction of sp³-hybridized carbons (Fsp3) is 0.222. The molecule has 148 valence electrons. The van der Waals surface area contributed by atoms with Crippen molar-refractivity contribution in [3.63, 3.8) is 0 Å². The molecule has 7 nitrogen and oxygen atoms in total. The predicted molar refractivity (Wildman–Crippen MR) is 107 cm³/mol. The van der Waals surface area contributed by atoms with E-state index in [2.05, 4.69) is 10.3 Å². The fourth-order valence-electron chi connectivity index (χ4n) is 2.67. The molecule has 1 aromatic heterocycles. The van der Waals surface area contributed by atoms with Crippen LogP contribution in [0.5, 0.6) is 0 Å². The summed E-state index contributed by atoms with van der Waals surface area (Å²) in [6.07, 6.45) is 0. The maximum absolute atomic E-state index is 13.7. The highest BCUT2D eigenvalue weighted by Gasteiger charge is 2.21. The smallest absolute Gasteiger partial charge is 0.238 e. The number of thioether (sulfide) groups is 1. The largest absolute Gasteiger partial charge is 0.323 e. The van der Waals surface area contributed by atoms with Crippen molar-refractivity contribution in [2.24, 2.45) is 5.14 Å². The van der Waals surface area contributed by atoms with E-state index < -0.39 is 21.1 Å². The Morgan fingerprint density at radius 1 is 1.32 bits per heavy atom. The van der Waals surface area contributed by atoms with Crippen molar-refractivity contribution < 1.29 is 17.6 Å². The number of para-hydroxylation sites is 1. The number of carbonyl (C=O) groups is 1. The Kier molecular flexibility index (Phi) is 5.73. The lowest BCUT2D eigenvalue weighted by Crippen LogP contribution is -2.23. The van der Waals surface area contributed by atoms with Gasteiger partial charge in [0, 0.05) is 6.54 Å². The first-order chi connectivity index (χ1) is 13.2. The predicted octanol–water partition coefficient (Wildman–Crippen LogP) is 2.96. The monoisotopic (exact) mass is 422 g/mol. The molecule has 2 aromatic carbocycles. The molecule has 0 radical (unpaired) electrons. The van der Waals surface area contributed by atoms with E-state index in [9.17, 15) is 17.6 Å². The van der Waals surface area contributed by atoms with Gasteiger partial charge < -0.3 is 9.88 Å². The van der Waals surface area contributed by atoms with Crippen LogP contribution >= 0.6 is 11.8 Å². The molecule has 0 saturated carbocycles. The minimum Gasteiger partial charge on any atom is -0.323 e. The van der Waals surface area contributed by atoms with Gasteiger partial charge in [-0.15, -0.1) is 0 Å². The van der Waals surface area contributed by atoms with E-state index in [1.165, 1.54) is 36.0 Å². The number of halogens is 1. The number of nitrogens with two attached hydrogens (primary N) is 1. The summed E-state index contributed by atoms with van der Waals surface area (Å²) in [7, 11) is -3.84. The molecule has 0 fully saturated rings. The number of hydrogen-bond donors (Lipinski definition) is 2. The molecule has 3 aromatic rings. The summed E-state index contributed by atoms with van der Waals surface area (Å²) in [5.41, 5.74) is 1.32. The zero-order valence-electron chi connectivity index (χ0n) is 15.2. The van der Waals surface area contributed by atoms with Gasteiger partial charge in [-0.2, -0.15) is 0 Å². The fourth-order valence-corrected chi connectivity index (χ4v) is 4.19. The summed E-state index contributed by atoms with van der Waals surface area (Å²) in [6.45, 7) is 4.19. The first-order valence-electron chi connectivity index (χ1n) is 8.46. The molecule has 0 aliphatic carbocycles. The summed E-state index contributed by atoms with van der Waals surface area (Å²) in [4.78, 5) is 16.9. The molecule has 0 spiro atoms. The number of amides is 1. The van der Waals surface area contributed by atoms with E-state index in [0.29, 0.717) is 17.2 Å². The zero-order chi connectivity index (χ0) is 20.5. The molecule has 28 heavy (non-hydrogen) atoms. The van der Waals surface area contributed by atoms with Gasteiger partial charge >= 0.3 is 0 Å². The molecule has 0 saturated heterocycles. The van der Waals surface area contributed by atoms with Crippen molar-refractivity contribution >= 4 is 44.4 Å². The van der Waals surface area contributed by atoms with Crippen molar-refractivity contribution in [1.82, 2.24) is 9.55 Å². The zero-order valence-corrected chi connectivity index (χ0v) is 16.8. The quantitative estimate of drug-likeness (QED) is 0.594. The van der Waals surface area contributed by atoms with E-state index >= 15 is 0 Å². The van der Waals surface area contributed by atoms with E-state index in [-0.39, 0.29) is 16.5 Å². The highest BCUT2D eigenvalue weighted by atomic mass is 32.2. The van der Waals surface area contributed by atoms with Crippen molar-refractivity contribution in [2.45, 2.75) is 35.7 Å². The SMILES string of the molecule is CCn1c(SC(C)C(=O)Nc2ccccc2F)nc2cc(S(N)(=O)=O)ccc21. The van der Waals surface area contributed by atoms with Gasteiger partial charge in [0.15, 0.2) is 5.16 Å². The third-order valence-corrected chi connectivity index (χ3v) is 6.11. The Balaban J connectivity index is 1.86. The number of nitrogens with one attached hydrogen (secondary N) is 1. The Bertz CT molecular complexity index is 1140. The maximum atomic E-state index is 13.7. The van der Waals surface area contributed by atoms with Gasteiger partial charge in [-0.3, -0.25) is 4.79 Å². The third-order valence-electron chi connectivity index (χ3n) is 4.11. The van der Waals surface area contributed by atoms with Crippen LogP contribution in [0.3, 0.4) is 0 Å². The number of hydrogen-bond acceptors (Lipinski definition) is 5. The van der Waals surface area contributed by atoms with Crippen LogP contribution in [0, 0.1) is 5.82 Å². The van der Waals surface area contributed by atoms with Crippen molar-refractivity contribution in [2.75, 3.05) is 5.32 Å². The number of imidazole rings is 1. The number of carbonyl (C=O) groups excluding carboxylic acids is 1. The summed E-state index contributed by atoms with van der Waals surface area (Å²) in [6, 6.07) is 10.4. The van der Waals surface area contributed by atoms with Gasteiger partial charge in [0.25, 0.3) is 0 Å². The van der Waals surface area contributed by atoms with Gasteiger partial charge in [-0.25, -0.2) is 22.9 Å². The Morgan fingerprint density at radius 2 is 2.04 bits per heavy atom. The number of rotatable bonds is 6. The third kappa shape index (κ3) is 4.18. The van der Waals surface area contributed by atoms with E-state index in [0.717, 1.165) is 5.52 Å². The van der Waals surface area contributed by atoms with E-state index in [1.807, 2.05) is 11.5 Å². The van der Waals surface area contributed by atoms with Crippen molar-refractivity contribution in [1.29, 1.82) is 0 Å². The molecule has 1 atom stereocenters. The Labute approximate surface area is 166 Å². The molecule has 3 rings (SSSR count). The normalized spacial score (nSPS) is 12.9. The van der Waals surface area contributed by atoms with Crippen molar-refractivity contribution in [3.8, 4) is 0 Å². The Hall–Kier alpha value is -2.43. The van der Waals surface area contributed by atoms with Crippen LogP contribution in [0.1, 0.15) is 13.8 Å². The number of nitrogens with zero attached hydrogens (tertiary/aromatic N) is 2. The van der Waals surface area contributed by atoms with Crippen LogP contribution in [0.4, 0.5) is 10.1 Å². The standard InChI is InChI=1S/C18H19FN4O3S2/c1-3-23-16-9-8-12(28(20,25)26)10-15(16)22-18(23)27-11(2)17(24)21-14-7-5-4-6-13(14)19/h4-11H,3H2,1-2H3,(H,21,24)(H2,20,25,26). The van der Waals surface area contributed by atoms with Crippen LogP contribution in [0.25, 0.3) is 11.0 Å². The lowest BCUT2D eigenvalue weighted by Gasteiger charge is -2.13. The number of primary sulfonamides is 1. The molecule has 0 bridgehead atoms. The van der Waals surface area contributed by atoms with Gasteiger partial charge in [0.2, 0.25) is 15.9 Å². The van der Waals surface area contributed by atoms with Gasteiger partial charge in [-0.05, 0) is 44.2 Å². The minimum atomic E-state index is -3.84. The average molecular weight is 423 g/mol. The van der Waals surface area contributed by atoms with Crippen molar-refractivity contribution in [3.05, 3.63) is 48.3 Å². The second-order valence-electron chi connectivity index (χ2n) is 6.06. The molecule has 10 heteroatoms. The maximum Gasteiger partial charge on any atom is 0.238 e. The minimum absolute atomic E-state index is 0.0253. The topological polar surface area (TPSA) is 107 Å². The summed E-state index contributed by atoms with van der Waals surface area (Å²) < 4.78 is 38.7. The number of fused-ring (bicyclic) bond motifs is 1. The molecular weight excluding hydrogens is 403 g/mol. The lowest BCUT2D eigenvalue weighted by molar-refractivity contribution is -0.115. The number of sulfonamides is 1. The number of aryl methyl sites for hydroxylation is 1. The molecular formula is C18H19FN4O3S2. The first kappa shape index (κ1) is 20.3. The lowest BCUT2D eigenvalue weighted by atomic mass is 10.3. The summed E-state index contributed by atoms with van der Waals surface area (Å²) >= 11 is 1.20. The second kappa shape index (κ2) is 7.90. The highest BCUT2D eigenvalue weighted by Crippen LogP contribution is 2.29. The number of anilines is 1. The van der Waals surface area contributed by atoms with Crippen LogP contribution in [-0.2, 0) is 21.4 Å². The van der Waals surface area contributed by atoms with E-state index in [1.54, 1.807) is 25.1 Å². The molecule has 1 amide bonds. The number of aromatic nitrogens is 2. The molecule has 0 aliphatic rings. The van der Waals surface area contributed by atoms with Gasteiger partial charge in [0.1, 0.15) is 5.82 Å². The number of benzene rings is 2. The highest BCUT2D eigenvalue weighted by molar-refractivity contribution is 8.00. The van der Waals surface area contributed by atoms with Crippen LogP contribution in [-0.4, -0.2) is 29.1 Å². The summed E-state index contributed by atoms with van der Waals surface area (Å²) in [5, 5.41) is 7.74. The van der Waals surface area contributed by atoms with Crippen LogP contribution in [0.15, 0.2) is 52.5 Å². The van der Waals surface area contributed by atoms with Gasteiger partial charge in [0.05, 0.1) is 26.9 Å². The molecule has 1 heterocycles. The van der Waals surface area contributed by atoms with E-state index in [4.69, 9.17) is 5.14 Å². The average Bonchev–Trinajstić information content (AvgIpc) is 2.98. The molecule has 1 unspecified atom stereocenters. The Morgan fingerprint density at radius 3 is 2.68 bits per heavy atom. The van der Waals surface area contributed by atoms with Crippen LogP contribution < -0.4 is 10.5 Å². The summed E-state index contributed by atoms with van der Waals surface area (Å²) in [5.74, 6) is -0.876. The molecule has 3 N–H and O–H groups in total. The molecule has 0 aliphatic heterocycles. The first-order valence-corrected chi connectivity index (χ1v) is 10.9. The van der Waals surface area contributed by atoms with Gasteiger partial charge in [-0.1, -0.05) is 23.9 Å².